The number of likely N-dealkylation sites (N-methyl/N-ethyl adjacent to an activating group) is 1. The smallest absolute Gasteiger partial charge is 0.315 e. The molecule has 2 unspecified atom stereocenters. The molecule has 4 heteroatoms. The first kappa shape index (κ1) is 12.4. The van der Waals surface area contributed by atoms with Gasteiger partial charge in [0.15, 0.2) is 0 Å². The first-order chi connectivity index (χ1) is 8.17. The van der Waals surface area contributed by atoms with Crippen LogP contribution in [0.15, 0.2) is 17.2 Å². The van der Waals surface area contributed by atoms with Crippen LogP contribution < -0.4 is 11.0 Å². The van der Waals surface area contributed by atoms with E-state index < -0.39 is 0 Å². The molecule has 0 spiro atoms. The SMILES string of the molecule is CCC(C)C(Cn1ccn(C2CC2)c1=O)NC. The molecule has 0 saturated heterocycles. The van der Waals surface area contributed by atoms with Gasteiger partial charge in [0.1, 0.15) is 0 Å². The molecule has 0 aliphatic heterocycles. The Bertz CT molecular complexity index is 417. The van der Waals surface area contributed by atoms with Crippen molar-refractivity contribution in [1.82, 2.24) is 14.5 Å². The van der Waals surface area contributed by atoms with E-state index in [9.17, 15) is 4.79 Å². The maximum atomic E-state index is 12.1. The molecule has 1 saturated carbocycles. The van der Waals surface area contributed by atoms with Crippen molar-refractivity contribution >= 4 is 0 Å². The van der Waals surface area contributed by atoms with Crippen molar-refractivity contribution in [1.29, 1.82) is 0 Å². The molecule has 1 aliphatic carbocycles. The van der Waals surface area contributed by atoms with Gasteiger partial charge in [0.25, 0.3) is 0 Å². The fourth-order valence-electron chi connectivity index (χ4n) is 2.25. The van der Waals surface area contributed by atoms with Crippen LogP contribution in [0.1, 0.15) is 39.2 Å². The molecule has 2 atom stereocenters. The van der Waals surface area contributed by atoms with Crippen LogP contribution in [0, 0.1) is 5.92 Å². The van der Waals surface area contributed by atoms with Crippen molar-refractivity contribution in [2.24, 2.45) is 5.92 Å². The second-order valence-corrected chi connectivity index (χ2v) is 5.15. The number of rotatable bonds is 6. The maximum Gasteiger partial charge on any atom is 0.328 e. The van der Waals surface area contributed by atoms with E-state index >= 15 is 0 Å². The summed E-state index contributed by atoms with van der Waals surface area (Å²) >= 11 is 0. The molecular formula is C13H23N3O. The van der Waals surface area contributed by atoms with E-state index in [0.29, 0.717) is 18.0 Å². The summed E-state index contributed by atoms with van der Waals surface area (Å²) in [7, 11) is 1.97. The number of hydrogen-bond donors (Lipinski definition) is 1. The fraction of sp³-hybridized carbons (Fsp3) is 0.769. The zero-order chi connectivity index (χ0) is 12.4. The number of hydrogen-bond acceptors (Lipinski definition) is 2. The average molecular weight is 237 g/mol. The third-order valence-electron chi connectivity index (χ3n) is 3.91. The van der Waals surface area contributed by atoms with Gasteiger partial charge in [-0.05, 0) is 25.8 Å². The van der Waals surface area contributed by atoms with Crippen molar-refractivity contribution in [3.05, 3.63) is 22.9 Å². The van der Waals surface area contributed by atoms with Crippen molar-refractivity contribution in [2.45, 2.75) is 51.7 Å². The number of nitrogens with one attached hydrogen (secondary N) is 1. The Morgan fingerprint density at radius 3 is 2.71 bits per heavy atom. The van der Waals surface area contributed by atoms with Gasteiger partial charge in [-0.3, -0.25) is 9.13 Å². The monoisotopic (exact) mass is 237 g/mol. The van der Waals surface area contributed by atoms with Crippen LogP contribution in [0.5, 0.6) is 0 Å². The minimum atomic E-state index is 0.149. The molecule has 17 heavy (non-hydrogen) atoms. The average Bonchev–Trinajstić information content (AvgIpc) is 3.11. The predicted molar refractivity (Wildman–Crippen MR) is 69.3 cm³/mol. The molecule has 0 amide bonds. The lowest BCUT2D eigenvalue weighted by atomic mass is 9.99. The van der Waals surface area contributed by atoms with Crippen LogP contribution in [0.25, 0.3) is 0 Å². The van der Waals surface area contributed by atoms with E-state index in [2.05, 4.69) is 19.2 Å². The van der Waals surface area contributed by atoms with E-state index in [1.807, 2.05) is 28.6 Å². The minimum absolute atomic E-state index is 0.149. The van der Waals surface area contributed by atoms with Crippen LogP contribution in [0.4, 0.5) is 0 Å². The maximum absolute atomic E-state index is 12.1. The Hall–Kier alpha value is -1.03. The summed E-state index contributed by atoms with van der Waals surface area (Å²) in [5, 5.41) is 3.31. The van der Waals surface area contributed by atoms with Gasteiger partial charge < -0.3 is 5.32 Å². The first-order valence-corrected chi connectivity index (χ1v) is 6.61. The van der Waals surface area contributed by atoms with E-state index in [-0.39, 0.29) is 5.69 Å². The van der Waals surface area contributed by atoms with Gasteiger partial charge in [-0.2, -0.15) is 0 Å². The van der Waals surface area contributed by atoms with E-state index in [1.54, 1.807) is 0 Å². The summed E-state index contributed by atoms with van der Waals surface area (Å²) in [6, 6.07) is 0.841. The van der Waals surface area contributed by atoms with Crippen LogP contribution in [0.2, 0.25) is 0 Å². The summed E-state index contributed by atoms with van der Waals surface area (Å²) in [6.07, 6.45) is 7.30. The molecular weight excluding hydrogens is 214 g/mol. The lowest BCUT2D eigenvalue weighted by Gasteiger charge is -2.22. The van der Waals surface area contributed by atoms with Gasteiger partial charge in [-0.25, -0.2) is 4.79 Å². The Balaban J connectivity index is 2.09. The molecule has 1 aliphatic rings. The second kappa shape index (κ2) is 5.08. The van der Waals surface area contributed by atoms with Gasteiger partial charge in [0.05, 0.1) is 0 Å². The Morgan fingerprint density at radius 2 is 2.18 bits per heavy atom. The van der Waals surface area contributed by atoms with Crippen molar-refractivity contribution in [2.75, 3.05) is 7.05 Å². The third kappa shape index (κ3) is 2.63. The largest absolute Gasteiger partial charge is 0.328 e. The lowest BCUT2D eigenvalue weighted by Crippen LogP contribution is -2.39. The molecule has 2 rings (SSSR count). The molecule has 0 radical (unpaired) electrons. The quantitative estimate of drug-likeness (QED) is 0.816. The number of nitrogens with zero attached hydrogens (tertiary/aromatic N) is 2. The summed E-state index contributed by atoms with van der Waals surface area (Å²) in [4.78, 5) is 12.1. The molecule has 0 bridgehead atoms. The standard InChI is InChI=1S/C13H23N3O/c1-4-10(2)12(14-3)9-15-7-8-16(13(15)17)11-5-6-11/h7-8,10-12,14H,4-6,9H2,1-3H3. The Morgan fingerprint density at radius 1 is 1.47 bits per heavy atom. The highest BCUT2D eigenvalue weighted by Gasteiger charge is 2.26. The van der Waals surface area contributed by atoms with E-state index in [0.717, 1.165) is 25.8 Å². The predicted octanol–water partition coefficient (Wildman–Crippen LogP) is 1.62. The van der Waals surface area contributed by atoms with E-state index in [4.69, 9.17) is 0 Å². The molecule has 1 fully saturated rings. The van der Waals surface area contributed by atoms with Gasteiger partial charge in [-0.1, -0.05) is 20.3 Å². The van der Waals surface area contributed by atoms with Crippen LogP contribution in [-0.4, -0.2) is 22.2 Å². The lowest BCUT2D eigenvalue weighted by molar-refractivity contribution is 0.343. The molecule has 96 valence electrons. The molecule has 1 N–H and O–H groups in total. The summed E-state index contributed by atoms with van der Waals surface area (Å²) in [5.41, 5.74) is 0.149. The summed E-state index contributed by atoms with van der Waals surface area (Å²) in [5.74, 6) is 0.580. The van der Waals surface area contributed by atoms with E-state index in [1.165, 1.54) is 0 Å². The minimum Gasteiger partial charge on any atom is -0.315 e. The molecule has 1 aromatic rings. The van der Waals surface area contributed by atoms with Crippen LogP contribution in [0.3, 0.4) is 0 Å². The topological polar surface area (TPSA) is 39.0 Å². The molecule has 1 heterocycles. The highest BCUT2D eigenvalue weighted by Crippen LogP contribution is 2.33. The van der Waals surface area contributed by atoms with Gasteiger partial charge in [0.2, 0.25) is 0 Å². The number of imidazole rings is 1. The molecule has 4 nitrogen and oxygen atoms in total. The fourth-order valence-corrected chi connectivity index (χ4v) is 2.25. The highest BCUT2D eigenvalue weighted by molar-refractivity contribution is 4.92. The Labute approximate surface area is 103 Å². The first-order valence-electron chi connectivity index (χ1n) is 6.61. The summed E-state index contributed by atoms with van der Waals surface area (Å²) < 4.78 is 3.72. The second-order valence-electron chi connectivity index (χ2n) is 5.15. The zero-order valence-electron chi connectivity index (χ0n) is 11.0. The van der Waals surface area contributed by atoms with Crippen molar-refractivity contribution in [3.63, 3.8) is 0 Å². The van der Waals surface area contributed by atoms with Gasteiger partial charge in [-0.15, -0.1) is 0 Å². The normalized spacial score (nSPS) is 19.2. The third-order valence-corrected chi connectivity index (χ3v) is 3.91. The zero-order valence-corrected chi connectivity index (χ0v) is 11.0. The van der Waals surface area contributed by atoms with Gasteiger partial charge in [0, 0.05) is 31.0 Å². The highest BCUT2D eigenvalue weighted by atomic mass is 16.1. The summed E-state index contributed by atoms with van der Waals surface area (Å²) in [6.45, 7) is 5.18. The van der Waals surface area contributed by atoms with Crippen LogP contribution >= 0.6 is 0 Å². The Kier molecular flexibility index (Phi) is 3.72. The van der Waals surface area contributed by atoms with Crippen LogP contribution in [-0.2, 0) is 6.54 Å². The number of aromatic nitrogens is 2. The molecule has 0 aromatic carbocycles. The molecule has 1 aromatic heterocycles. The van der Waals surface area contributed by atoms with Crippen molar-refractivity contribution < 1.29 is 0 Å². The van der Waals surface area contributed by atoms with Crippen molar-refractivity contribution in [3.8, 4) is 0 Å². The van der Waals surface area contributed by atoms with Gasteiger partial charge >= 0.3 is 5.69 Å².